The van der Waals surface area contributed by atoms with Crippen LogP contribution in [0.1, 0.15) is 32.5 Å². The molecule has 5 nitrogen and oxygen atoms in total. The number of ether oxygens (including phenoxy) is 1. The van der Waals surface area contributed by atoms with E-state index in [2.05, 4.69) is 21.8 Å². The van der Waals surface area contributed by atoms with E-state index in [1.54, 1.807) is 0 Å². The Morgan fingerprint density at radius 2 is 2.05 bits per heavy atom. The Bertz CT molecular complexity index is 427. The summed E-state index contributed by atoms with van der Waals surface area (Å²) in [5, 5.41) is 0. The van der Waals surface area contributed by atoms with Crippen molar-refractivity contribution in [1.82, 2.24) is 9.97 Å². The maximum absolute atomic E-state index is 5.85. The molecule has 0 radical (unpaired) electrons. The van der Waals surface area contributed by atoms with Gasteiger partial charge in [0.05, 0.1) is 6.61 Å². The average Bonchev–Trinajstić information content (AvgIpc) is 2.39. The van der Waals surface area contributed by atoms with Gasteiger partial charge in [-0.15, -0.1) is 0 Å². The van der Waals surface area contributed by atoms with Crippen molar-refractivity contribution in [2.45, 2.75) is 33.6 Å². The minimum atomic E-state index is 0.279. The second kappa shape index (κ2) is 5.74. The van der Waals surface area contributed by atoms with Crippen molar-refractivity contribution in [2.24, 2.45) is 11.1 Å². The van der Waals surface area contributed by atoms with Crippen LogP contribution in [0.4, 0.5) is 5.82 Å². The fourth-order valence-electron chi connectivity index (χ4n) is 2.39. The van der Waals surface area contributed by atoms with Gasteiger partial charge in [0.25, 0.3) is 0 Å². The van der Waals surface area contributed by atoms with E-state index in [1.165, 1.54) is 0 Å². The van der Waals surface area contributed by atoms with E-state index >= 15 is 0 Å². The number of rotatable bonds is 4. The molecular weight excluding hydrogens is 240 g/mol. The number of aromatic nitrogens is 2. The number of piperidine rings is 1. The van der Waals surface area contributed by atoms with Gasteiger partial charge in [0.15, 0.2) is 0 Å². The second-order valence-electron chi connectivity index (χ2n) is 5.55. The summed E-state index contributed by atoms with van der Waals surface area (Å²) in [6, 6.07) is 1.93. The molecule has 0 aliphatic carbocycles. The largest absolute Gasteiger partial charge is 0.478 e. The van der Waals surface area contributed by atoms with Gasteiger partial charge >= 0.3 is 0 Å². The van der Waals surface area contributed by atoms with Crippen LogP contribution < -0.4 is 15.4 Å². The lowest BCUT2D eigenvalue weighted by molar-refractivity contribution is 0.257. The Labute approximate surface area is 115 Å². The highest BCUT2D eigenvalue weighted by molar-refractivity contribution is 5.42. The quantitative estimate of drug-likeness (QED) is 0.897. The van der Waals surface area contributed by atoms with Crippen LogP contribution in [-0.4, -0.2) is 36.2 Å². The number of hydrogen-bond acceptors (Lipinski definition) is 5. The van der Waals surface area contributed by atoms with E-state index in [4.69, 9.17) is 10.5 Å². The topological polar surface area (TPSA) is 64.3 Å². The number of anilines is 1. The van der Waals surface area contributed by atoms with E-state index in [0.717, 1.165) is 44.1 Å². The molecule has 0 saturated carbocycles. The third-order valence-electron chi connectivity index (χ3n) is 3.88. The Balaban J connectivity index is 2.10. The summed E-state index contributed by atoms with van der Waals surface area (Å²) in [5.74, 6) is 2.39. The SMILES string of the molecule is CCOc1cc(N2CCC(C)(CN)CC2)nc(C)n1. The van der Waals surface area contributed by atoms with Crippen molar-refractivity contribution in [3.8, 4) is 5.88 Å². The third kappa shape index (κ3) is 3.35. The minimum Gasteiger partial charge on any atom is -0.478 e. The smallest absolute Gasteiger partial charge is 0.218 e. The molecule has 2 N–H and O–H groups in total. The van der Waals surface area contributed by atoms with Gasteiger partial charge in [0.2, 0.25) is 5.88 Å². The molecule has 2 rings (SSSR count). The van der Waals surface area contributed by atoms with Gasteiger partial charge in [0.1, 0.15) is 11.6 Å². The molecule has 0 unspecified atom stereocenters. The Morgan fingerprint density at radius 1 is 1.37 bits per heavy atom. The minimum absolute atomic E-state index is 0.279. The van der Waals surface area contributed by atoms with Gasteiger partial charge in [-0.1, -0.05) is 6.92 Å². The summed E-state index contributed by atoms with van der Waals surface area (Å²) in [5.41, 5.74) is 6.12. The van der Waals surface area contributed by atoms with Crippen LogP contribution in [0, 0.1) is 12.3 Å². The van der Waals surface area contributed by atoms with E-state index in [-0.39, 0.29) is 5.41 Å². The molecule has 1 aliphatic heterocycles. The predicted octanol–water partition coefficient (Wildman–Crippen LogP) is 1.75. The molecule has 2 heterocycles. The molecule has 5 heteroatoms. The number of nitrogens with zero attached hydrogens (tertiary/aromatic N) is 3. The van der Waals surface area contributed by atoms with Gasteiger partial charge < -0.3 is 15.4 Å². The van der Waals surface area contributed by atoms with Crippen LogP contribution in [-0.2, 0) is 0 Å². The van der Waals surface area contributed by atoms with Gasteiger partial charge in [-0.25, -0.2) is 4.98 Å². The molecule has 1 aliphatic rings. The van der Waals surface area contributed by atoms with Crippen LogP contribution in [0.3, 0.4) is 0 Å². The van der Waals surface area contributed by atoms with Crippen molar-refractivity contribution < 1.29 is 4.74 Å². The molecule has 1 aromatic heterocycles. The summed E-state index contributed by atoms with van der Waals surface area (Å²) in [7, 11) is 0. The van der Waals surface area contributed by atoms with Crippen LogP contribution in [0.2, 0.25) is 0 Å². The predicted molar refractivity (Wildman–Crippen MR) is 76.5 cm³/mol. The Kier molecular flexibility index (Phi) is 4.24. The maximum atomic E-state index is 5.85. The molecule has 1 fully saturated rings. The van der Waals surface area contributed by atoms with Gasteiger partial charge in [0, 0.05) is 19.2 Å². The highest BCUT2D eigenvalue weighted by Gasteiger charge is 2.29. The average molecular weight is 264 g/mol. The van der Waals surface area contributed by atoms with Crippen molar-refractivity contribution >= 4 is 5.82 Å². The summed E-state index contributed by atoms with van der Waals surface area (Å²) in [6.07, 6.45) is 2.22. The molecule has 106 valence electrons. The standard InChI is InChI=1S/C14H24N4O/c1-4-19-13-9-12(16-11(2)17-13)18-7-5-14(3,10-15)6-8-18/h9H,4-8,10,15H2,1-3H3. The van der Waals surface area contributed by atoms with E-state index in [0.29, 0.717) is 12.5 Å². The Hall–Kier alpha value is -1.36. The third-order valence-corrected chi connectivity index (χ3v) is 3.88. The molecule has 1 aromatic rings. The fourth-order valence-corrected chi connectivity index (χ4v) is 2.39. The van der Waals surface area contributed by atoms with Crippen molar-refractivity contribution in [1.29, 1.82) is 0 Å². The molecule has 0 spiro atoms. The summed E-state index contributed by atoms with van der Waals surface area (Å²) < 4.78 is 5.48. The summed E-state index contributed by atoms with van der Waals surface area (Å²) >= 11 is 0. The fraction of sp³-hybridized carbons (Fsp3) is 0.714. The number of nitrogens with two attached hydrogens (primary N) is 1. The van der Waals surface area contributed by atoms with Crippen LogP contribution >= 0.6 is 0 Å². The molecular formula is C14H24N4O. The molecule has 0 aromatic carbocycles. The highest BCUT2D eigenvalue weighted by atomic mass is 16.5. The summed E-state index contributed by atoms with van der Waals surface area (Å²) in [6.45, 7) is 9.51. The maximum Gasteiger partial charge on any atom is 0.218 e. The lowest BCUT2D eigenvalue weighted by Crippen LogP contribution is -2.42. The van der Waals surface area contributed by atoms with Crippen LogP contribution in [0.5, 0.6) is 5.88 Å². The van der Waals surface area contributed by atoms with Gasteiger partial charge in [-0.2, -0.15) is 4.98 Å². The van der Waals surface area contributed by atoms with Gasteiger partial charge in [-0.3, -0.25) is 0 Å². The summed E-state index contributed by atoms with van der Waals surface area (Å²) in [4.78, 5) is 11.1. The first-order valence-electron chi connectivity index (χ1n) is 7.00. The lowest BCUT2D eigenvalue weighted by atomic mass is 9.80. The van der Waals surface area contributed by atoms with E-state index < -0.39 is 0 Å². The monoisotopic (exact) mass is 264 g/mol. The Morgan fingerprint density at radius 3 is 2.63 bits per heavy atom. The normalized spacial score (nSPS) is 18.4. The molecule has 0 atom stereocenters. The zero-order valence-electron chi connectivity index (χ0n) is 12.1. The molecule has 1 saturated heterocycles. The second-order valence-corrected chi connectivity index (χ2v) is 5.55. The molecule has 19 heavy (non-hydrogen) atoms. The number of aryl methyl sites for hydroxylation is 1. The van der Waals surface area contributed by atoms with Crippen LogP contribution in [0.15, 0.2) is 6.07 Å². The van der Waals surface area contributed by atoms with E-state index in [1.807, 2.05) is 19.9 Å². The highest BCUT2D eigenvalue weighted by Crippen LogP contribution is 2.31. The first kappa shape index (κ1) is 14.1. The first-order valence-corrected chi connectivity index (χ1v) is 7.00. The zero-order valence-corrected chi connectivity index (χ0v) is 12.1. The van der Waals surface area contributed by atoms with Crippen LogP contribution in [0.25, 0.3) is 0 Å². The van der Waals surface area contributed by atoms with Crippen molar-refractivity contribution in [2.75, 3.05) is 31.1 Å². The zero-order chi connectivity index (χ0) is 13.9. The lowest BCUT2D eigenvalue weighted by Gasteiger charge is -2.39. The van der Waals surface area contributed by atoms with Gasteiger partial charge in [-0.05, 0) is 38.6 Å². The molecule has 0 bridgehead atoms. The van der Waals surface area contributed by atoms with Crippen molar-refractivity contribution in [3.63, 3.8) is 0 Å². The molecule has 0 amide bonds. The number of hydrogen-bond donors (Lipinski definition) is 1. The van der Waals surface area contributed by atoms with E-state index in [9.17, 15) is 0 Å². The first-order chi connectivity index (χ1) is 9.06. The van der Waals surface area contributed by atoms with Crippen molar-refractivity contribution in [3.05, 3.63) is 11.9 Å².